The van der Waals surface area contributed by atoms with Gasteiger partial charge in [-0.3, -0.25) is 4.79 Å². The number of aromatic nitrogens is 1. The molecule has 0 spiro atoms. The van der Waals surface area contributed by atoms with Crippen LogP contribution in [0, 0.1) is 25.2 Å². The summed E-state index contributed by atoms with van der Waals surface area (Å²) in [5.41, 5.74) is 3.70. The van der Waals surface area contributed by atoms with Gasteiger partial charge < -0.3 is 15.4 Å². The summed E-state index contributed by atoms with van der Waals surface area (Å²) < 4.78 is 5.35. The molecule has 1 atom stereocenters. The molecule has 0 aliphatic carbocycles. The van der Waals surface area contributed by atoms with Crippen LogP contribution in [0.3, 0.4) is 0 Å². The molecule has 6 heteroatoms. The van der Waals surface area contributed by atoms with E-state index in [2.05, 4.69) is 21.7 Å². The largest absolute Gasteiger partial charge is 0.368 e. The summed E-state index contributed by atoms with van der Waals surface area (Å²) in [7, 11) is 0. The van der Waals surface area contributed by atoms with Gasteiger partial charge in [-0.1, -0.05) is 0 Å². The van der Waals surface area contributed by atoms with Gasteiger partial charge in [-0.05, 0) is 56.0 Å². The second kappa shape index (κ2) is 7.49. The van der Waals surface area contributed by atoms with Crippen molar-refractivity contribution in [1.82, 2.24) is 10.3 Å². The normalized spacial score (nSPS) is 16.6. The van der Waals surface area contributed by atoms with E-state index >= 15 is 0 Å². The summed E-state index contributed by atoms with van der Waals surface area (Å²) in [5.74, 6) is 0.474. The number of anilines is 1. The molecule has 6 nitrogen and oxygen atoms in total. The maximum absolute atomic E-state index is 11.9. The van der Waals surface area contributed by atoms with Crippen molar-refractivity contribution in [3.8, 4) is 6.07 Å². The van der Waals surface area contributed by atoms with Crippen LogP contribution in [0.15, 0.2) is 18.2 Å². The molecule has 2 aromatic rings. The van der Waals surface area contributed by atoms with Crippen LogP contribution in [-0.4, -0.2) is 36.7 Å². The van der Waals surface area contributed by atoms with Crippen LogP contribution in [0.4, 0.5) is 5.82 Å². The van der Waals surface area contributed by atoms with Crippen molar-refractivity contribution >= 4 is 22.6 Å². The van der Waals surface area contributed by atoms with Gasteiger partial charge in [0, 0.05) is 25.1 Å². The number of nitrogens with zero attached hydrogens (tertiary/aromatic N) is 2. The molecule has 1 aliphatic heterocycles. The van der Waals surface area contributed by atoms with Crippen LogP contribution >= 0.6 is 0 Å². The van der Waals surface area contributed by atoms with Crippen LogP contribution in [0.25, 0.3) is 10.9 Å². The zero-order chi connectivity index (χ0) is 17.8. The lowest BCUT2D eigenvalue weighted by Gasteiger charge is -2.12. The van der Waals surface area contributed by atoms with E-state index in [-0.39, 0.29) is 12.0 Å². The molecule has 0 bridgehead atoms. The van der Waals surface area contributed by atoms with Crippen LogP contribution in [0.2, 0.25) is 0 Å². The summed E-state index contributed by atoms with van der Waals surface area (Å²) in [6.45, 7) is 5.70. The van der Waals surface area contributed by atoms with Crippen molar-refractivity contribution in [2.45, 2.75) is 32.8 Å². The fourth-order valence-corrected chi connectivity index (χ4v) is 2.93. The number of carbonyl (C=O) groups excluding carboxylic acids is 1. The first-order valence-corrected chi connectivity index (χ1v) is 8.54. The Balaban J connectivity index is 1.65. The third-order valence-corrected chi connectivity index (χ3v) is 4.49. The Morgan fingerprint density at radius 1 is 1.32 bits per heavy atom. The minimum Gasteiger partial charge on any atom is -0.368 e. The van der Waals surface area contributed by atoms with Gasteiger partial charge in [-0.2, -0.15) is 5.26 Å². The molecule has 1 fully saturated rings. The highest BCUT2D eigenvalue weighted by atomic mass is 16.5. The fourth-order valence-electron chi connectivity index (χ4n) is 2.93. The number of nitriles is 1. The molecule has 1 aromatic carbocycles. The highest BCUT2D eigenvalue weighted by molar-refractivity contribution is 5.84. The zero-order valence-corrected chi connectivity index (χ0v) is 14.6. The van der Waals surface area contributed by atoms with Crippen LogP contribution in [-0.2, 0) is 9.53 Å². The van der Waals surface area contributed by atoms with Crippen molar-refractivity contribution in [3.63, 3.8) is 0 Å². The third-order valence-electron chi connectivity index (χ3n) is 4.49. The number of nitrogens with one attached hydrogen (secondary N) is 2. The molecular formula is C19H22N4O2. The summed E-state index contributed by atoms with van der Waals surface area (Å²) in [6.07, 6.45) is 1.39. The highest BCUT2D eigenvalue weighted by Gasteiger charge is 2.22. The Hall–Kier alpha value is -2.65. The average molecular weight is 338 g/mol. The van der Waals surface area contributed by atoms with Gasteiger partial charge in [0.1, 0.15) is 18.0 Å². The number of benzene rings is 1. The first-order valence-electron chi connectivity index (χ1n) is 8.54. The standard InChI is InChI=1S/C19H22N4O2/c1-12-8-14-10-15(11-20)18(23-16(14)9-13(12)2)21-5-6-22-19(24)17-4-3-7-25-17/h8-10,17H,3-7H2,1-2H3,(H,21,23)(H,22,24)/t17-/m1/s1. The van der Waals surface area contributed by atoms with Crippen LogP contribution in [0.1, 0.15) is 29.5 Å². The first kappa shape index (κ1) is 17.2. The molecule has 1 amide bonds. The van der Waals surface area contributed by atoms with Crippen molar-refractivity contribution in [1.29, 1.82) is 5.26 Å². The molecule has 0 saturated carbocycles. The third kappa shape index (κ3) is 3.89. The maximum Gasteiger partial charge on any atom is 0.249 e. The van der Waals surface area contributed by atoms with Crippen molar-refractivity contribution < 1.29 is 9.53 Å². The smallest absolute Gasteiger partial charge is 0.249 e. The van der Waals surface area contributed by atoms with Gasteiger partial charge in [0.05, 0.1) is 11.1 Å². The van der Waals surface area contributed by atoms with Crippen LogP contribution in [0.5, 0.6) is 0 Å². The number of amides is 1. The molecule has 1 aromatic heterocycles. The Labute approximate surface area is 147 Å². The Bertz CT molecular complexity index is 835. The van der Waals surface area contributed by atoms with Crippen LogP contribution < -0.4 is 10.6 Å². The molecule has 1 saturated heterocycles. The van der Waals surface area contributed by atoms with Gasteiger partial charge in [0.2, 0.25) is 5.91 Å². The number of ether oxygens (including phenoxy) is 1. The van der Waals surface area contributed by atoms with E-state index in [9.17, 15) is 10.1 Å². The van der Waals surface area contributed by atoms with Crippen molar-refractivity contribution in [3.05, 3.63) is 34.9 Å². The minimum absolute atomic E-state index is 0.0719. The Morgan fingerprint density at radius 2 is 2.12 bits per heavy atom. The Kier molecular flexibility index (Phi) is 5.15. The molecule has 1 aliphatic rings. The van der Waals surface area contributed by atoms with E-state index in [1.54, 1.807) is 0 Å². The number of rotatable bonds is 5. The lowest BCUT2D eigenvalue weighted by molar-refractivity contribution is -0.129. The van der Waals surface area contributed by atoms with Gasteiger partial charge in [-0.25, -0.2) is 4.98 Å². The second-order valence-electron chi connectivity index (χ2n) is 6.34. The average Bonchev–Trinajstić information content (AvgIpc) is 3.14. The monoisotopic (exact) mass is 338 g/mol. The number of hydrogen-bond acceptors (Lipinski definition) is 5. The number of fused-ring (bicyclic) bond motifs is 1. The number of aryl methyl sites for hydroxylation is 2. The molecule has 2 N–H and O–H groups in total. The Morgan fingerprint density at radius 3 is 2.84 bits per heavy atom. The zero-order valence-electron chi connectivity index (χ0n) is 14.6. The first-order chi connectivity index (χ1) is 12.1. The quantitative estimate of drug-likeness (QED) is 0.818. The lowest BCUT2D eigenvalue weighted by Crippen LogP contribution is -2.36. The molecule has 130 valence electrons. The van der Waals surface area contributed by atoms with Gasteiger partial charge in [0.15, 0.2) is 0 Å². The molecule has 2 heterocycles. The molecular weight excluding hydrogens is 316 g/mol. The van der Waals surface area contributed by atoms with E-state index < -0.39 is 0 Å². The highest BCUT2D eigenvalue weighted by Crippen LogP contribution is 2.23. The van der Waals surface area contributed by atoms with E-state index in [4.69, 9.17) is 4.74 Å². The number of hydrogen-bond donors (Lipinski definition) is 2. The van der Waals surface area contributed by atoms with Crippen molar-refractivity contribution in [2.24, 2.45) is 0 Å². The van der Waals surface area contributed by atoms with E-state index in [1.165, 1.54) is 11.1 Å². The molecule has 25 heavy (non-hydrogen) atoms. The fraction of sp³-hybridized carbons (Fsp3) is 0.421. The lowest BCUT2D eigenvalue weighted by atomic mass is 10.0. The second-order valence-corrected chi connectivity index (χ2v) is 6.34. The molecule has 0 radical (unpaired) electrons. The molecule has 3 rings (SSSR count). The summed E-state index contributed by atoms with van der Waals surface area (Å²) in [5, 5.41) is 16.3. The van der Waals surface area contributed by atoms with Gasteiger partial charge >= 0.3 is 0 Å². The van der Waals surface area contributed by atoms with Gasteiger partial charge in [0.25, 0.3) is 0 Å². The van der Waals surface area contributed by atoms with Crippen molar-refractivity contribution in [2.75, 3.05) is 25.0 Å². The van der Waals surface area contributed by atoms with E-state index in [0.717, 1.165) is 23.7 Å². The number of pyridine rings is 1. The topological polar surface area (TPSA) is 87.0 Å². The van der Waals surface area contributed by atoms with E-state index in [0.29, 0.717) is 31.1 Å². The summed E-state index contributed by atoms with van der Waals surface area (Å²) in [6, 6.07) is 8.10. The van der Waals surface area contributed by atoms with Gasteiger partial charge in [-0.15, -0.1) is 0 Å². The van der Waals surface area contributed by atoms with E-state index in [1.807, 2.05) is 32.0 Å². The SMILES string of the molecule is Cc1cc2cc(C#N)c(NCCNC(=O)[C@H]3CCCO3)nc2cc1C. The maximum atomic E-state index is 11.9. The number of carbonyl (C=O) groups is 1. The summed E-state index contributed by atoms with van der Waals surface area (Å²) in [4.78, 5) is 16.5. The predicted octanol–water partition coefficient (Wildman–Crippen LogP) is 2.43. The summed E-state index contributed by atoms with van der Waals surface area (Å²) >= 11 is 0. The predicted molar refractivity (Wildman–Crippen MR) is 96.4 cm³/mol. The minimum atomic E-state index is -0.320. The molecule has 0 unspecified atom stereocenters.